The molecule has 0 fully saturated rings. The Hall–Kier alpha value is -2.59. The van der Waals surface area contributed by atoms with Crippen LogP contribution in [0.15, 0.2) is 42.5 Å². The van der Waals surface area contributed by atoms with Crippen LogP contribution in [0.2, 0.25) is 0 Å². The lowest BCUT2D eigenvalue weighted by molar-refractivity contribution is -0.305. The molecule has 0 aliphatic carbocycles. The number of alkyl halides is 9. The molecule has 0 amide bonds. The molecule has 1 unspecified atom stereocenters. The fourth-order valence-electron chi connectivity index (χ4n) is 2.04. The monoisotopic (exact) mass is 403 g/mol. The average molecular weight is 403 g/mol. The molecule has 27 heavy (non-hydrogen) atoms. The molecule has 148 valence electrons. The zero-order valence-electron chi connectivity index (χ0n) is 13.0. The van der Waals surface area contributed by atoms with Gasteiger partial charge >= 0.3 is 18.3 Å². The number of nitrogens with two attached hydrogens (primary N) is 1. The van der Waals surface area contributed by atoms with Crippen LogP contribution in [0.3, 0.4) is 0 Å². The van der Waals surface area contributed by atoms with Crippen molar-refractivity contribution in [3.05, 3.63) is 53.6 Å². The molecule has 2 N–H and O–H groups in total. The Morgan fingerprint density at radius 1 is 0.778 bits per heavy atom. The van der Waals surface area contributed by atoms with Crippen LogP contribution in [-0.4, -0.2) is 12.1 Å². The Kier molecular flexibility index (Phi) is 5.26. The van der Waals surface area contributed by atoms with E-state index in [0.29, 0.717) is 18.2 Å². The standard InChI is InChI=1S/C16H10F9NO/c17-13(14(18,19)16(23,24)25)8-1-3-9(4-2-8)27-10-5-6-12(26)11(7-10)15(20,21)22/h1-7,13H,26H2. The second kappa shape index (κ2) is 6.86. The van der Waals surface area contributed by atoms with Gasteiger partial charge in [-0.15, -0.1) is 0 Å². The summed E-state index contributed by atoms with van der Waals surface area (Å²) in [6.07, 6.45) is -14.5. The Morgan fingerprint density at radius 2 is 1.30 bits per heavy atom. The molecule has 1 atom stereocenters. The first-order chi connectivity index (χ1) is 12.2. The maximum atomic E-state index is 13.5. The van der Waals surface area contributed by atoms with E-state index in [0.717, 1.165) is 24.3 Å². The van der Waals surface area contributed by atoms with Gasteiger partial charge in [-0.25, -0.2) is 4.39 Å². The molecule has 0 bridgehead atoms. The Morgan fingerprint density at radius 3 is 1.78 bits per heavy atom. The summed E-state index contributed by atoms with van der Waals surface area (Å²) >= 11 is 0. The van der Waals surface area contributed by atoms with Crippen LogP contribution in [0.1, 0.15) is 17.3 Å². The van der Waals surface area contributed by atoms with Gasteiger partial charge in [0, 0.05) is 5.69 Å². The second-order valence-electron chi connectivity index (χ2n) is 5.40. The van der Waals surface area contributed by atoms with Crippen molar-refractivity contribution in [3.63, 3.8) is 0 Å². The molecular formula is C16H10F9NO. The predicted molar refractivity (Wildman–Crippen MR) is 77.2 cm³/mol. The van der Waals surface area contributed by atoms with Gasteiger partial charge < -0.3 is 10.5 Å². The van der Waals surface area contributed by atoms with Crippen LogP contribution in [0.4, 0.5) is 45.2 Å². The maximum Gasteiger partial charge on any atom is 0.456 e. The Balaban J connectivity index is 2.22. The summed E-state index contributed by atoms with van der Waals surface area (Å²) in [6.45, 7) is 0. The topological polar surface area (TPSA) is 35.2 Å². The van der Waals surface area contributed by atoms with Crippen LogP contribution in [0, 0.1) is 0 Å². The molecular weight excluding hydrogens is 393 g/mol. The van der Waals surface area contributed by atoms with Gasteiger partial charge in [-0.2, -0.15) is 35.1 Å². The number of anilines is 1. The first kappa shape index (κ1) is 20.7. The lowest BCUT2D eigenvalue weighted by Gasteiger charge is -2.23. The Bertz CT molecular complexity index is 797. The minimum atomic E-state index is -6.08. The van der Waals surface area contributed by atoms with Crippen molar-refractivity contribution >= 4 is 5.69 Å². The highest BCUT2D eigenvalue weighted by molar-refractivity contribution is 5.52. The highest BCUT2D eigenvalue weighted by Gasteiger charge is 2.63. The van der Waals surface area contributed by atoms with E-state index in [-0.39, 0.29) is 11.5 Å². The van der Waals surface area contributed by atoms with Crippen molar-refractivity contribution < 1.29 is 44.3 Å². The fraction of sp³-hybridized carbons (Fsp3) is 0.250. The molecule has 11 heteroatoms. The van der Waals surface area contributed by atoms with Crippen LogP contribution in [0.25, 0.3) is 0 Å². The molecule has 0 aliphatic heterocycles. The molecule has 2 aromatic carbocycles. The van der Waals surface area contributed by atoms with E-state index in [9.17, 15) is 39.5 Å². The van der Waals surface area contributed by atoms with E-state index in [1.165, 1.54) is 0 Å². The number of ether oxygens (including phenoxy) is 1. The van der Waals surface area contributed by atoms with Crippen LogP contribution in [0.5, 0.6) is 11.5 Å². The lowest BCUT2D eigenvalue weighted by atomic mass is 10.0. The number of benzene rings is 2. The van der Waals surface area contributed by atoms with Gasteiger partial charge in [0.1, 0.15) is 11.5 Å². The summed E-state index contributed by atoms with van der Waals surface area (Å²) in [5, 5.41) is 0. The molecule has 2 nitrogen and oxygen atoms in total. The third kappa shape index (κ3) is 4.40. The molecule has 2 aromatic rings. The molecule has 0 saturated carbocycles. The summed E-state index contributed by atoms with van der Waals surface area (Å²) in [7, 11) is 0. The summed E-state index contributed by atoms with van der Waals surface area (Å²) in [6, 6.07) is 5.51. The van der Waals surface area contributed by atoms with Crippen molar-refractivity contribution in [2.24, 2.45) is 0 Å². The molecule has 0 heterocycles. The van der Waals surface area contributed by atoms with E-state index in [2.05, 4.69) is 0 Å². The van der Waals surface area contributed by atoms with E-state index < -0.39 is 41.3 Å². The summed E-state index contributed by atoms with van der Waals surface area (Å²) in [5.41, 5.74) is 2.51. The minimum Gasteiger partial charge on any atom is -0.457 e. The van der Waals surface area contributed by atoms with Gasteiger partial charge in [0.2, 0.25) is 0 Å². The van der Waals surface area contributed by atoms with Gasteiger partial charge in [-0.3, -0.25) is 0 Å². The van der Waals surface area contributed by atoms with Crippen molar-refractivity contribution in [3.8, 4) is 11.5 Å². The average Bonchev–Trinajstić information content (AvgIpc) is 2.54. The van der Waals surface area contributed by atoms with Crippen LogP contribution < -0.4 is 10.5 Å². The molecule has 0 saturated heterocycles. The highest BCUT2D eigenvalue weighted by atomic mass is 19.4. The zero-order chi connectivity index (χ0) is 20.6. The van der Waals surface area contributed by atoms with Crippen molar-refractivity contribution in [1.29, 1.82) is 0 Å². The summed E-state index contributed by atoms with van der Waals surface area (Å²) < 4.78 is 120. The third-order valence-corrected chi connectivity index (χ3v) is 3.43. The molecule has 2 rings (SSSR count). The fourth-order valence-corrected chi connectivity index (χ4v) is 2.04. The molecule has 0 spiro atoms. The summed E-state index contributed by atoms with van der Waals surface area (Å²) in [4.78, 5) is 0. The van der Waals surface area contributed by atoms with Gasteiger partial charge in [-0.1, -0.05) is 12.1 Å². The van der Waals surface area contributed by atoms with Gasteiger partial charge in [0.15, 0.2) is 6.17 Å². The van der Waals surface area contributed by atoms with Crippen molar-refractivity contribution in [2.75, 3.05) is 5.73 Å². The molecule has 0 aliphatic rings. The number of hydrogen-bond acceptors (Lipinski definition) is 2. The van der Waals surface area contributed by atoms with Gasteiger partial charge in [-0.05, 0) is 35.9 Å². The number of hydrogen-bond donors (Lipinski definition) is 1. The third-order valence-electron chi connectivity index (χ3n) is 3.43. The lowest BCUT2D eigenvalue weighted by Crippen LogP contribution is -2.40. The normalized spacial score (nSPS) is 14.1. The zero-order valence-corrected chi connectivity index (χ0v) is 13.0. The van der Waals surface area contributed by atoms with E-state index in [1.54, 1.807) is 0 Å². The number of nitrogen functional groups attached to an aromatic ring is 1. The van der Waals surface area contributed by atoms with Gasteiger partial charge in [0.05, 0.1) is 5.56 Å². The SMILES string of the molecule is Nc1ccc(Oc2ccc(C(F)C(F)(F)C(F)(F)F)cc2)cc1C(F)(F)F. The predicted octanol–water partition coefficient (Wildman–Crippen LogP) is 6.29. The first-order valence-electron chi connectivity index (χ1n) is 7.06. The van der Waals surface area contributed by atoms with Crippen molar-refractivity contribution in [1.82, 2.24) is 0 Å². The van der Waals surface area contributed by atoms with Crippen molar-refractivity contribution in [2.45, 2.75) is 24.4 Å². The largest absolute Gasteiger partial charge is 0.457 e. The van der Waals surface area contributed by atoms with Gasteiger partial charge in [0.25, 0.3) is 0 Å². The van der Waals surface area contributed by atoms with Crippen LogP contribution in [-0.2, 0) is 6.18 Å². The smallest absolute Gasteiger partial charge is 0.456 e. The second-order valence-corrected chi connectivity index (χ2v) is 5.40. The first-order valence-corrected chi connectivity index (χ1v) is 7.06. The quantitative estimate of drug-likeness (QED) is 0.481. The molecule has 0 aromatic heterocycles. The number of halogens is 9. The van der Waals surface area contributed by atoms with E-state index in [4.69, 9.17) is 10.5 Å². The minimum absolute atomic E-state index is 0.209. The number of rotatable bonds is 4. The maximum absolute atomic E-state index is 13.5. The van der Waals surface area contributed by atoms with Crippen LogP contribution >= 0.6 is 0 Å². The van der Waals surface area contributed by atoms with E-state index >= 15 is 0 Å². The summed E-state index contributed by atoms with van der Waals surface area (Å²) in [5.74, 6) is -6.13. The highest BCUT2D eigenvalue weighted by Crippen LogP contribution is 2.46. The van der Waals surface area contributed by atoms with E-state index in [1.807, 2.05) is 0 Å². The Labute approximate surface area is 146 Å². The molecule has 0 radical (unpaired) electrons.